The molecule has 0 aliphatic carbocycles. The van der Waals surface area contributed by atoms with Gasteiger partial charge in [0.1, 0.15) is 0 Å². The maximum atomic E-state index is 5.61. The largest absolute Gasteiger partial charge is 0.352 e. The summed E-state index contributed by atoms with van der Waals surface area (Å²) < 4.78 is 2.24. The van der Waals surface area contributed by atoms with Gasteiger partial charge in [-0.05, 0) is 55.5 Å². The number of benzene rings is 1. The van der Waals surface area contributed by atoms with Crippen LogP contribution in [0.25, 0.3) is 5.69 Å². The predicted octanol–water partition coefficient (Wildman–Crippen LogP) is 3.86. The van der Waals surface area contributed by atoms with Crippen molar-refractivity contribution in [3.8, 4) is 5.69 Å². The second-order valence-corrected chi connectivity index (χ2v) is 6.44. The molecule has 3 aromatic rings. The first-order valence-electron chi connectivity index (χ1n) is 8.50. The van der Waals surface area contributed by atoms with Gasteiger partial charge in [0.25, 0.3) is 0 Å². The van der Waals surface area contributed by atoms with Crippen molar-refractivity contribution in [2.24, 2.45) is 0 Å². The van der Waals surface area contributed by atoms with Crippen LogP contribution in [-0.2, 0) is 0 Å². The highest BCUT2D eigenvalue weighted by atomic mass is 32.1. The quantitative estimate of drug-likeness (QED) is 0.726. The molecule has 1 aliphatic rings. The Balaban J connectivity index is 1.81. The van der Waals surface area contributed by atoms with Gasteiger partial charge in [0, 0.05) is 30.3 Å². The summed E-state index contributed by atoms with van der Waals surface area (Å²) >= 11 is 5.61. The van der Waals surface area contributed by atoms with Crippen molar-refractivity contribution in [1.29, 1.82) is 0 Å². The van der Waals surface area contributed by atoms with Gasteiger partial charge in [-0.2, -0.15) is 0 Å². The molecular weight excluding hydrogens is 328 g/mol. The van der Waals surface area contributed by atoms with Crippen LogP contribution in [0, 0.1) is 0 Å². The number of nitrogens with one attached hydrogen (secondary N) is 1. The molecule has 2 atom stereocenters. The molecule has 5 heteroatoms. The van der Waals surface area contributed by atoms with Crippen molar-refractivity contribution >= 4 is 17.3 Å². The summed E-state index contributed by atoms with van der Waals surface area (Å²) in [6.07, 6.45) is 3.94. The first-order valence-corrected chi connectivity index (χ1v) is 8.91. The van der Waals surface area contributed by atoms with E-state index in [1.807, 2.05) is 24.4 Å². The van der Waals surface area contributed by atoms with Crippen molar-refractivity contribution in [3.05, 3.63) is 84.4 Å². The number of aromatic nitrogens is 2. The molecule has 4 nitrogen and oxygen atoms in total. The van der Waals surface area contributed by atoms with Gasteiger partial charge in [-0.15, -0.1) is 0 Å². The van der Waals surface area contributed by atoms with E-state index in [0.29, 0.717) is 0 Å². The van der Waals surface area contributed by atoms with E-state index >= 15 is 0 Å². The van der Waals surface area contributed by atoms with E-state index in [-0.39, 0.29) is 12.1 Å². The second kappa shape index (κ2) is 6.69. The SMILES string of the molecule is CCN1C(=S)N[C@@H](c2ccccn2)[C@@H]1c1cccn1-c1ccccc1. The lowest BCUT2D eigenvalue weighted by Gasteiger charge is -2.27. The van der Waals surface area contributed by atoms with E-state index in [0.717, 1.165) is 23.0 Å². The highest BCUT2D eigenvalue weighted by Crippen LogP contribution is 2.39. The molecule has 1 saturated heterocycles. The van der Waals surface area contributed by atoms with Gasteiger partial charge >= 0.3 is 0 Å². The van der Waals surface area contributed by atoms with Crippen LogP contribution in [0.1, 0.15) is 30.4 Å². The molecule has 0 amide bonds. The van der Waals surface area contributed by atoms with Crippen molar-refractivity contribution in [1.82, 2.24) is 19.8 Å². The van der Waals surface area contributed by atoms with Crippen LogP contribution in [0.5, 0.6) is 0 Å². The first-order chi connectivity index (χ1) is 12.3. The Morgan fingerprint density at radius 2 is 1.84 bits per heavy atom. The summed E-state index contributed by atoms with van der Waals surface area (Å²) in [5.41, 5.74) is 3.36. The van der Waals surface area contributed by atoms with Crippen LogP contribution in [0.3, 0.4) is 0 Å². The van der Waals surface area contributed by atoms with Crippen LogP contribution in [0.2, 0.25) is 0 Å². The number of thiocarbonyl (C=S) groups is 1. The minimum Gasteiger partial charge on any atom is -0.352 e. The van der Waals surface area contributed by atoms with Crippen molar-refractivity contribution in [2.45, 2.75) is 19.0 Å². The number of hydrogen-bond donors (Lipinski definition) is 1. The maximum Gasteiger partial charge on any atom is 0.170 e. The second-order valence-electron chi connectivity index (χ2n) is 6.05. The van der Waals surface area contributed by atoms with E-state index in [1.54, 1.807) is 0 Å². The molecule has 126 valence electrons. The van der Waals surface area contributed by atoms with Crippen LogP contribution in [-0.4, -0.2) is 26.1 Å². The number of nitrogens with zero attached hydrogens (tertiary/aromatic N) is 3. The smallest absolute Gasteiger partial charge is 0.170 e. The molecule has 0 saturated carbocycles. The molecule has 0 spiro atoms. The minimum atomic E-state index is 0.0333. The normalized spacial score (nSPS) is 19.9. The van der Waals surface area contributed by atoms with E-state index in [2.05, 4.69) is 75.4 Å². The fourth-order valence-electron chi connectivity index (χ4n) is 3.53. The van der Waals surface area contributed by atoms with Gasteiger partial charge in [-0.3, -0.25) is 4.98 Å². The zero-order valence-corrected chi connectivity index (χ0v) is 14.9. The van der Waals surface area contributed by atoms with Gasteiger partial charge in [0.05, 0.1) is 17.8 Å². The van der Waals surface area contributed by atoms with E-state index < -0.39 is 0 Å². The lowest BCUT2D eigenvalue weighted by atomic mass is 10.0. The van der Waals surface area contributed by atoms with Crippen molar-refractivity contribution in [3.63, 3.8) is 0 Å². The molecule has 1 N–H and O–H groups in total. The summed E-state index contributed by atoms with van der Waals surface area (Å²) in [7, 11) is 0. The Labute approximate surface area is 153 Å². The molecule has 1 aromatic carbocycles. The van der Waals surface area contributed by atoms with Crippen LogP contribution in [0.4, 0.5) is 0 Å². The van der Waals surface area contributed by atoms with Crippen LogP contribution < -0.4 is 5.32 Å². The Kier molecular flexibility index (Phi) is 4.24. The van der Waals surface area contributed by atoms with E-state index in [1.165, 1.54) is 5.69 Å². The minimum absolute atomic E-state index is 0.0333. The standard InChI is InChI=1S/C20H20N4S/c1-2-23-19(18(22-20(23)25)16-11-6-7-13-21-16)17-12-8-14-24(17)15-9-4-3-5-10-15/h3-14,18-19H,2H2,1H3,(H,22,25)/t18-,19-/m0/s1. The Morgan fingerprint density at radius 1 is 1.04 bits per heavy atom. The lowest BCUT2D eigenvalue weighted by Crippen LogP contribution is -2.30. The molecule has 2 aromatic heterocycles. The monoisotopic (exact) mass is 348 g/mol. The Morgan fingerprint density at radius 3 is 2.56 bits per heavy atom. The van der Waals surface area contributed by atoms with Gasteiger partial charge in [0.2, 0.25) is 0 Å². The molecule has 1 fully saturated rings. The average Bonchev–Trinajstić information content (AvgIpc) is 3.27. The van der Waals surface area contributed by atoms with Gasteiger partial charge in [0.15, 0.2) is 5.11 Å². The summed E-state index contributed by atoms with van der Waals surface area (Å²) in [6.45, 7) is 2.98. The number of pyridine rings is 1. The number of para-hydroxylation sites is 1. The third kappa shape index (κ3) is 2.81. The molecule has 25 heavy (non-hydrogen) atoms. The summed E-state index contributed by atoms with van der Waals surface area (Å²) in [5, 5.41) is 4.25. The Hall–Kier alpha value is -2.66. The summed E-state index contributed by atoms with van der Waals surface area (Å²) in [4.78, 5) is 6.81. The summed E-state index contributed by atoms with van der Waals surface area (Å²) in [5.74, 6) is 0. The van der Waals surface area contributed by atoms with Crippen LogP contribution >= 0.6 is 12.2 Å². The number of likely N-dealkylation sites (N-methyl/N-ethyl adjacent to an activating group) is 1. The van der Waals surface area contributed by atoms with Crippen molar-refractivity contribution in [2.75, 3.05) is 6.54 Å². The number of hydrogen-bond acceptors (Lipinski definition) is 2. The highest BCUT2D eigenvalue weighted by molar-refractivity contribution is 7.80. The molecule has 4 rings (SSSR count). The maximum absolute atomic E-state index is 5.61. The van der Waals surface area contributed by atoms with E-state index in [9.17, 15) is 0 Å². The predicted molar refractivity (Wildman–Crippen MR) is 104 cm³/mol. The average molecular weight is 348 g/mol. The molecule has 1 aliphatic heterocycles. The van der Waals surface area contributed by atoms with Gasteiger partial charge in [-0.25, -0.2) is 0 Å². The van der Waals surface area contributed by atoms with Crippen LogP contribution in [0.15, 0.2) is 73.1 Å². The van der Waals surface area contributed by atoms with Crippen molar-refractivity contribution < 1.29 is 0 Å². The third-order valence-corrected chi connectivity index (χ3v) is 5.01. The van der Waals surface area contributed by atoms with Gasteiger partial charge < -0.3 is 14.8 Å². The fraction of sp³-hybridized carbons (Fsp3) is 0.200. The highest BCUT2D eigenvalue weighted by Gasteiger charge is 2.40. The Bertz CT molecular complexity index is 860. The zero-order chi connectivity index (χ0) is 17.2. The van der Waals surface area contributed by atoms with E-state index in [4.69, 9.17) is 12.2 Å². The molecule has 0 radical (unpaired) electrons. The first kappa shape index (κ1) is 15.8. The summed E-state index contributed by atoms with van der Waals surface area (Å²) in [6, 6.07) is 20.8. The number of rotatable bonds is 4. The lowest BCUT2D eigenvalue weighted by molar-refractivity contribution is 0.321. The topological polar surface area (TPSA) is 33.1 Å². The molecule has 0 unspecified atom stereocenters. The third-order valence-electron chi connectivity index (χ3n) is 4.66. The molecular formula is C20H20N4S. The zero-order valence-electron chi connectivity index (χ0n) is 14.0. The molecule has 3 heterocycles. The van der Waals surface area contributed by atoms with Gasteiger partial charge in [-0.1, -0.05) is 24.3 Å². The molecule has 0 bridgehead atoms. The fourth-order valence-corrected chi connectivity index (χ4v) is 3.90.